The number of nitrogens with one attached hydrogen (secondary N) is 1. The van der Waals surface area contributed by atoms with Gasteiger partial charge in [-0.05, 0) is 24.1 Å². The van der Waals surface area contributed by atoms with Gasteiger partial charge in [-0.25, -0.2) is 0 Å². The molecule has 2 amide bonds. The number of amides is 2. The Bertz CT molecular complexity index is 903. The lowest BCUT2D eigenvalue weighted by atomic mass is 10.0. The van der Waals surface area contributed by atoms with Crippen LogP contribution in [0.5, 0.6) is 0 Å². The quantitative estimate of drug-likeness (QED) is 0.676. The number of nitrogens with zero attached hydrogens (tertiary/aromatic N) is 3. The number of rotatable bonds is 8. The van der Waals surface area contributed by atoms with E-state index in [1.54, 1.807) is 11.8 Å². The predicted octanol–water partition coefficient (Wildman–Crippen LogP) is 3.11. The first-order chi connectivity index (χ1) is 14.2. The van der Waals surface area contributed by atoms with E-state index in [4.69, 9.17) is 4.52 Å². The van der Waals surface area contributed by atoms with E-state index in [-0.39, 0.29) is 24.1 Å². The van der Waals surface area contributed by atoms with Gasteiger partial charge in [-0.3, -0.25) is 9.59 Å². The minimum atomic E-state index is -4.49. The van der Waals surface area contributed by atoms with Crippen LogP contribution in [0.2, 0.25) is 0 Å². The Balaban J connectivity index is 1.67. The average molecular weight is 442 g/mol. The maximum atomic E-state index is 13.1. The third-order valence-electron chi connectivity index (χ3n) is 4.56. The zero-order valence-electron chi connectivity index (χ0n) is 16.2. The van der Waals surface area contributed by atoms with Crippen molar-refractivity contribution < 1.29 is 27.3 Å². The highest BCUT2D eigenvalue weighted by molar-refractivity contribution is 7.99. The number of likely N-dealkylation sites (tertiary alicyclic amines) is 1. The van der Waals surface area contributed by atoms with E-state index in [9.17, 15) is 22.8 Å². The molecule has 1 fully saturated rings. The molecule has 1 aromatic heterocycles. The summed E-state index contributed by atoms with van der Waals surface area (Å²) in [5.74, 6) is 0.898. The largest absolute Gasteiger partial charge is 0.416 e. The van der Waals surface area contributed by atoms with E-state index in [2.05, 4.69) is 15.5 Å². The first-order valence-corrected chi connectivity index (χ1v) is 10.5. The second-order valence-corrected chi connectivity index (χ2v) is 7.89. The normalized spacial score (nSPS) is 15.5. The van der Waals surface area contributed by atoms with Gasteiger partial charge in [0, 0.05) is 26.4 Å². The molecule has 2 heterocycles. The molecular weight excluding hydrogens is 421 g/mol. The van der Waals surface area contributed by atoms with Crippen molar-refractivity contribution in [3.8, 4) is 0 Å². The molecule has 0 aliphatic carbocycles. The molecule has 2 aromatic rings. The number of aromatic nitrogens is 2. The zero-order valence-corrected chi connectivity index (χ0v) is 17.1. The lowest BCUT2D eigenvalue weighted by molar-refractivity contribution is -0.137. The van der Waals surface area contributed by atoms with E-state index in [0.29, 0.717) is 42.4 Å². The highest BCUT2D eigenvalue weighted by Gasteiger charge is 2.32. The molecule has 0 radical (unpaired) electrons. The lowest BCUT2D eigenvalue weighted by Crippen LogP contribution is -2.39. The fourth-order valence-electron chi connectivity index (χ4n) is 3.15. The molecule has 1 aliphatic heterocycles. The first-order valence-electron chi connectivity index (χ1n) is 9.33. The second kappa shape index (κ2) is 9.50. The number of thioether (sulfide) groups is 1. The van der Waals surface area contributed by atoms with Crippen molar-refractivity contribution >= 4 is 23.6 Å². The Morgan fingerprint density at radius 1 is 1.40 bits per heavy atom. The van der Waals surface area contributed by atoms with Crippen LogP contribution in [0.3, 0.4) is 0 Å². The predicted molar refractivity (Wildman–Crippen MR) is 103 cm³/mol. The number of halogens is 3. The summed E-state index contributed by atoms with van der Waals surface area (Å²) < 4.78 is 44.2. The molecule has 1 unspecified atom stereocenters. The maximum Gasteiger partial charge on any atom is 0.416 e. The molecule has 1 aliphatic rings. The fraction of sp³-hybridized carbons (Fsp3) is 0.474. The highest BCUT2D eigenvalue weighted by atomic mass is 32.2. The van der Waals surface area contributed by atoms with E-state index >= 15 is 0 Å². The zero-order chi connectivity index (χ0) is 21.7. The van der Waals surface area contributed by atoms with Crippen molar-refractivity contribution in [2.75, 3.05) is 18.8 Å². The van der Waals surface area contributed by atoms with Crippen LogP contribution in [0.25, 0.3) is 0 Å². The van der Waals surface area contributed by atoms with Crippen LogP contribution < -0.4 is 5.32 Å². The minimum absolute atomic E-state index is 0.0665. The molecule has 162 valence electrons. The Hall–Kier alpha value is -2.56. The van der Waals surface area contributed by atoms with Crippen molar-refractivity contribution in [1.82, 2.24) is 20.4 Å². The molecule has 1 N–H and O–H groups in total. The van der Waals surface area contributed by atoms with Gasteiger partial charge < -0.3 is 14.7 Å². The molecule has 11 heteroatoms. The van der Waals surface area contributed by atoms with Gasteiger partial charge in [-0.1, -0.05) is 17.3 Å². The average Bonchev–Trinajstić information content (AvgIpc) is 3.29. The second-order valence-electron chi connectivity index (χ2n) is 6.91. The van der Waals surface area contributed by atoms with Crippen LogP contribution in [0.1, 0.15) is 41.7 Å². The van der Waals surface area contributed by atoms with Gasteiger partial charge in [0.25, 0.3) is 0 Å². The Kier molecular flexibility index (Phi) is 7.01. The van der Waals surface area contributed by atoms with Crippen molar-refractivity contribution in [3.05, 3.63) is 47.1 Å². The van der Waals surface area contributed by atoms with E-state index in [1.165, 1.54) is 23.9 Å². The molecule has 0 spiro atoms. The Morgan fingerprint density at radius 2 is 2.20 bits per heavy atom. The summed E-state index contributed by atoms with van der Waals surface area (Å²) >= 11 is 1.26. The van der Waals surface area contributed by atoms with Crippen LogP contribution in [-0.2, 0) is 21.5 Å². The summed E-state index contributed by atoms with van der Waals surface area (Å²) in [5.41, 5.74) is -0.495. The first kappa shape index (κ1) is 22.1. The van der Waals surface area contributed by atoms with E-state index < -0.39 is 17.8 Å². The monoisotopic (exact) mass is 442 g/mol. The van der Waals surface area contributed by atoms with Gasteiger partial charge in [-0.15, -0.1) is 11.8 Å². The Morgan fingerprint density at radius 3 is 2.83 bits per heavy atom. The smallest absolute Gasteiger partial charge is 0.347 e. The molecule has 1 saturated heterocycles. The third kappa shape index (κ3) is 5.97. The molecule has 1 aromatic carbocycles. The van der Waals surface area contributed by atoms with Crippen LogP contribution in [0.15, 0.2) is 28.8 Å². The molecule has 30 heavy (non-hydrogen) atoms. The van der Waals surface area contributed by atoms with Gasteiger partial charge in [0.1, 0.15) is 0 Å². The van der Waals surface area contributed by atoms with Crippen LogP contribution in [-0.4, -0.2) is 45.7 Å². The summed E-state index contributed by atoms with van der Waals surface area (Å²) in [6.45, 7) is 2.31. The fourth-order valence-corrected chi connectivity index (χ4v) is 3.83. The topological polar surface area (TPSA) is 88.3 Å². The molecule has 0 bridgehead atoms. The molecule has 7 nitrogen and oxygen atoms in total. The van der Waals surface area contributed by atoms with Gasteiger partial charge >= 0.3 is 6.18 Å². The summed E-state index contributed by atoms with van der Waals surface area (Å²) in [6.07, 6.45) is -3.39. The van der Waals surface area contributed by atoms with Crippen molar-refractivity contribution in [3.63, 3.8) is 0 Å². The van der Waals surface area contributed by atoms with E-state index in [1.807, 2.05) is 0 Å². The third-order valence-corrected chi connectivity index (χ3v) is 5.49. The van der Waals surface area contributed by atoms with Gasteiger partial charge in [0.05, 0.1) is 23.1 Å². The minimum Gasteiger partial charge on any atom is -0.347 e. The van der Waals surface area contributed by atoms with Crippen molar-refractivity contribution in [1.29, 1.82) is 0 Å². The lowest BCUT2D eigenvalue weighted by Gasteiger charge is -2.25. The van der Waals surface area contributed by atoms with Crippen molar-refractivity contribution in [2.24, 2.45) is 0 Å². The summed E-state index contributed by atoms with van der Waals surface area (Å²) in [4.78, 5) is 30.0. The number of hydrogen-bond donors (Lipinski definition) is 1. The SMILES string of the molecule is Cc1nc(CSCC(=O)NC(CN2CCCC2=O)c2cccc(C(F)(F)F)c2)no1. The summed E-state index contributed by atoms with van der Waals surface area (Å²) in [7, 11) is 0. The summed E-state index contributed by atoms with van der Waals surface area (Å²) in [6, 6.07) is 4.08. The maximum absolute atomic E-state index is 13.1. The van der Waals surface area contributed by atoms with Gasteiger partial charge in [0.2, 0.25) is 17.7 Å². The Labute approximate surface area is 175 Å². The highest BCUT2D eigenvalue weighted by Crippen LogP contribution is 2.31. The number of hydrogen-bond acceptors (Lipinski definition) is 6. The molecular formula is C19H21F3N4O3S. The number of alkyl halides is 3. The molecule has 0 saturated carbocycles. The number of aryl methyl sites for hydroxylation is 1. The van der Waals surface area contributed by atoms with Crippen molar-refractivity contribution in [2.45, 2.75) is 37.7 Å². The van der Waals surface area contributed by atoms with E-state index in [0.717, 1.165) is 12.1 Å². The van der Waals surface area contributed by atoms with Gasteiger partial charge in [-0.2, -0.15) is 18.2 Å². The van der Waals surface area contributed by atoms with Crippen LogP contribution in [0, 0.1) is 6.92 Å². The van der Waals surface area contributed by atoms with Gasteiger partial charge in [0.15, 0.2) is 5.82 Å². The van der Waals surface area contributed by atoms with Crippen LogP contribution >= 0.6 is 11.8 Å². The molecule has 3 rings (SSSR count). The standard InChI is InChI=1S/C19H21F3N4O3S/c1-12-23-16(25-29-12)10-30-11-17(27)24-15(9-26-7-3-6-18(26)28)13-4-2-5-14(8-13)19(20,21)22/h2,4-5,8,15H,3,6-7,9-11H2,1H3,(H,24,27). The van der Waals surface area contributed by atoms with Crippen LogP contribution in [0.4, 0.5) is 13.2 Å². The number of carbonyl (C=O) groups excluding carboxylic acids is 2. The summed E-state index contributed by atoms with van der Waals surface area (Å²) in [5, 5.41) is 6.51. The molecule has 1 atom stereocenters. The number of carbonyl (C=O) groups is 2. The number of benzene rings is 1.